The smallest absolute Gasteiger partial charge is 0.337 e. The molecule has 0 atom stereocenters. The van der Waals surface area contributed by atoms with Crippen LogP contribution in [0.1, 0.15) is 61.5 Å². The lowest BCUT2D eigenvalue weighted by Crippen LogP contribution is -2.29. The highest BCUT2D eigenvalue weighted by Crippen LogP contribution is 2.32. The summed E-state index contributed by atoms with van der Waals surface area (Å²) in [5.74, 6) is 0.0354. The first-order valence-corrected chi connectivity index (χ1v) is 12.0. The zero-order chi connectivity index (χ0) is 25.5. The average molecular weight is 472 g/mol. The molecule has 0 radical (unpaired) electrons. The molecule has 1 saturated heterocycles. The van der Waals surface area contributed by atoms with Crippen molar-refractivity contribution < 1.29 is 19.7 Å². The molecule has 188 valence electrons. The second kappa shape index (κ2) is 15.7. The summed E-state index contributed by atoms with van der Waals surface area (Å²) < 4.78 is 5.60. The highest BCUT2D eigenvalue weighted by atomic mass is 16.5. The lowest BCUT2D eigenvalue weighted by molar-refractivity contribution is 0.0698. The van der Waals surface area contributed by atoms with E-state index >= 15 is 0 Å². The molecule has 0 unspecified atom stereocenters. The maximum atomic E-state index is 10.3. The average Bonchev–Trinajstić information content (AvgIpc) is 3.35. The molecule has 0 saturated carbocycles. The largest absolute Gasteiger partial charge is 0.496 e. The number of nitrogens with one attached hydrogen (secondary N) is 1. The number of aryl methyl sites for hydroxylation is 1. The van der Waals surface area contributed by atoms with Gasteiger partial charge in [0.2, 0.25) is 0 Å². The van der Waals surface area contributed by atoms with Gasteiger partial charge in [-0.25, -0.2) is 4.79 Å². The number of carboxylic acid groups (broad SMARTS) is 1. The third-order valence-electron chi connectivity index (χ3n) is 5.35. The number of aliphatic hydroxyl groups excluding tert-OH is 1. The molecule has 0 amide bonds. The molecule has 3 aromatic rings. The minimum atomic E-state index is -0.988. The second-order valence-corrected chi connectivity index (χ2v) is 7.69. The molecular weight excluding hydrogens is 430 g/mol. The molecule has 1 aliphatic heterocycles. The van der Waals surface area contributed by atoms with Gasteiger partial charge in [0.25, 0.3) is 0 Å². The van der Waals surface area contributed by atoms with Gasteiger partial charge in [-0.3, -0.25) is 4.90 Å². The number of likely N-dealkylation sites (tertiary alicyclic amines) is 1. The number of piperidine rings is 1. The monoisotopic (exact) mass is 471 g/mol. The molecule has 1 aromatic heterocycles. The molecule has 1 fully saturated rings. The lowest BCUT2D eigenvalue weighted by atomic mass is 10.0. The Kier molecular flexibility index (Phi) is 13.4. The third kappa shape index (κ3) is 8.39. The van der Waals surface area contributed by atoms with Crippen LogP contribution in [0.3, 0.4) is 0 Å². The first kappa shape index (κ1) is 29.0. The van der Waals surface area contributed by atoms with Crippen LogP contribution in [-0.4, -0.2) is 52.9 Å². The van der Waals surface area contributed by atoms with Crippen LogP contribution < -0.4 is 10.5 Å². The van der Waals surface area contributed by atoms with Gasteiger partial charge in [-0.15, -0.1) is 0 Å². The molecule has 0 aliphatic carbocycles. The number of aromatic nitrogens is 1. The van der Waals surface area contributed by atoms with Crippen LogP contribution in [0, 0.1) is 6.92 Å². The summed E-state index contributed by atoms with van der Waals surface area (Å²) in [7, 11) is 1.77. The summed E-state index contributed by atoms with van der Waals surface area (Å²) in [6.45, 7) is 11.5. The molecule has 2 heterocycles. The number of H-pyrrole nitrogens is 1. The normalized spacial score (nSPS) is 12.9. The maximum Gasteiger partial charge on any atom is 0.337 e. The first-order valence-electron chi connectivity index (χ1n) is 12.0. The third-order valence-corrected chi connectivity index (χ3v) is 5.35. The van der Waals surface area contributed by atoms with Gasteiger partial charge in [-0.05, 0) is 69.6 Å². The lowest BCUT2D eigenvalue weighted by Gasteiger charge is -2.27. The fourth-order valence-corrected chi connectivity index (χ4v) is 3.81. The van der Waals surface area contributed by atoms with Gasteiger partial charge in [-0.2, -0.15) is 0 Å². The Hall–Kier alpha value is -3.03. The van der Waals surface area contributed by atoms with Crippen molar-refractivity contribution in [1.82, 2.24) is 9.88 Å². The minimum absolute atomic E-state index is 0.155. The SMILES string of the molecule is CC.CCO.COc1cc(C)c2[nH]ccc2c1CN1CCCCC1.Nc1ccccc1C(=O)O. The number of methoxy groups -OCH3 is 1. The summed E-state index contributed by atoms with van der Waals surface area (Å²) >= 11 is 0. The molecule has 0 bridgehead atoms. The van der Waals surface area contributed by atoms with Crippen LogP contribution in [0.15, 0.2) is 42.6 Å². The Morgan fingerprint density at radius 1 is 1.15 bits per heavy atom. The van der Waals surface area contributed by atoms with E-state index in [0.29, 0.717) is 5.69 Å². The van der Waals surface area contributed by atoms with E-state index in [0.717, 1.165) is 12.3 Å². The minimum Gasteiger partial charge on any atom is -0.496 e. The number of aromatic amines is 1. The van der Waals surface area contributed by atoms with Crippen molar-refractivity contribution in [1.29, 1.82) is 0 Å². The number of aromatic carboxylic acids is 1. The van der Waals surface area contributed by atoms with Gasteiger partial charge in [0.05, 0.1) is 12.7 Å². The van der Waals surface area contributed by atoms with Crippen molar-refractivity contribution in [3.8, 4) is 5.75 Å². The number of carbonyl (C=O) groups is 1. The topological polar surface area (TPSA) is 112 Å². The Labute approximate surface area is 203 Å². The number of fused-ring (bicyclic) bond motifs is 1. The number of nitrogens with zero attached hydrogens (tertiary/aromatic N) is 1. The number of hydrogen-bond acceptors (Lipinski definition) is 5. The molecule has 0 spiro atoms. The van der Waals surface area contributed by atoms with Gasteiger partial charge in [0.1, 0.15) is 5.75 Å². The van der Waals surface area contributed by atoms with E-state index in [1.807, 2.05) is 20.0 Å². The van der Waals surface area contributed by atoms with E-state index in [2.05, 4.69) is 28.9 Å². The zero-order valence-electron chi connectivity index (χ0n) is 21.2. The number of anilines is 1. The Morgan fingerprint density at radius 3 is 2.29 bits per heavy atom. The highest BCUT2D eigenvalue weighted by molar-refractivity contribution is 5.93. The van der Waals surface area contributed by atoms with Crippen LogP contribution in [0.2, 0.25) is 0 Å². The van der Waals surface area contributed by atoms with Crippen molar-refractivity contribution in [3.05, 3.63) is 59.3 Å². The molecular formula is C27H41N3O4. The van der Waals surface area contributed by atoms with Gasteiger partial charge < -0.3 is 25.7 Å². The van der Waals surface area contributed by atoms with Crippen molar-refractivity contribution >= 4 is 22.6 Å². The predicted molar refractivity (Wildman–Crippen MR) is 141 cm³/mol. The summed E-state index contributed by atoms with van der Waals surface area (Å²) in [5.41, 5.74) is 9.61. The number of rotatable bonds is 4. The fraction of sp³-hybridized carbons (Fsp3) is 0.444. The van der Waals surface area contributed by atoms with Crippen LogP contribution in [0.25, 0.3) is 10.9 Å². The first-order chi connectivity index (χ1) is 16.4. The van der Waals surface area contributed by atoms with E-state index < -0.39 is 5.97 Å². The summed E-state index contributed by atoms with van der Waals surface area (Å²) in [5, 5.41) is 17.4. The van der Waals surface area contributed by atoms with E-state index in [1.165, 1.54) is 60.4 Å². The van der Waals surface area contributed by atoms with Crippen LogP contribution in [0.4, 0.5) is 5.69 Å². The number of aliphatic hydroxyl groups is 1. The number of hydrogen-bond donors (Lipinski definition) is 4. The van der Waals surface area contributed by atoms with Crippen molar-refractivity contribution in [2.24, 2.45) is 0 Å². The molecule has 7 nitrogen and oxygen atoms in total. The molecule has 1 aliphatic rings. The fourth-order valence-electron chi connectivity index (χ4n) is 3.81. The van der Waals surface area contributed by atoms with E-state index in [-0.39, 0.29) is 12.2 Å². The van der Waals surface area contributed by atoms with Crippen LogP contribution >= 0.6 is 0 Å². The number of nitrogens with two attached hydrogens (primary N) is 1. The number of carboxylic acids is 1. The summed E-state index contributed by atoms with van der Waals surface area (Å²) in [6, 6.07) is 10.7. The summed E-state index contributed by atoms with van der Waals surface area (Å²) in [6.07, 6.45) is 6.05. The van der Waals surface area contributed by atoms with Gasteiger partial charge in [0.15, 0.2) is 0 Å². The second-order valence-electron chi connectivity index (χ2n) is 7.69. The summed E-state index contributed by atoms with van der Waals surface area (Å²) in [4.78, 5) is 16.2. The van der Waals surface area contributed by atoms with Crippen LogP contribution in [0.5, 0.6) is 5.75 Å². The maximum absolute atomic E-state index is 10.3. The molecule has 7 heteroatoms. The van der Waals surface area contributed by atoms with Gasteiger partial charge in [-0.1, -0.05) is 32.4 Å². The van der Waals surface area contributed by atoms with Crippen LogP contribution in [-0.2, 0) is 6.54 Å². The zero-order valence-corrected chi connectivity index (χ0v) is 21.2. The quantitative estimate of drug-likeness (QED) is 0.376. The Morgan fingerprint density at radius 2 is 1.76 bits per heavy atom. The van der Waals surface area contributed by atoms with Gasteiger partial charge >= 0.3 is 5.97 Å². The van der Waals surface area contributed by atoms with E-state index in [4.69, 9.17) is 20.7 Å². The van der Waals surface area contributed by atoms with Crippen molar-refractivity contribution in [2.45, 2.75) is 53.5 Å². The molecule has 4 rings (SSSR count). The Bertz CT molecular complexity index is 995. The van der Waals surface area contributed by atoms with E-state index in [1.54, 1.807) is 32.2 Å². The molecule has 5 N–H and O–H groups in total. The standard InChI is InChI=1S/C16H22N2O.C7H7NO2.C2H6O.C2H6/c1-12-10-15(19-2)14(13-6-7-17-16(12)13)11-18-8-4-3-5-9-18;8-6-4-2-1-3-5(6)7(9)10;1-2-3;1-2/h6-7,10,17H,3-5,8-9,11H2,1-2H3;1-4H,8H2,(H,9,10);3H,2H2,1H3;1-2H3. The number of para-hydroxylation sites is 1. The van der Waals surface area contributed by atoms with Crippen molar-refractivity contribution in [2.75, 3.05) is 32.5 Å². The van der Waals surface area contributed by atoms with Gasteiger partial charge in [0, 0.05) is 41.5 Å². The number of nitrogen functional groups attached to an aromatic ring is 1. The predicted octanol–water partition coefficient (Wildman–Crippen LogP) is 5.46. The van der Waals surface area contributed by atoms with Crippen molar-refractivity contribution in [3.63, 3.8) is 0 Å². The molecule has 2 aromatic carbocycles. The number of benzene rings is 2. The van der Waals surface area contributed by atoms with E-state index in [9.17, 15) is 4.79 Å². The molecule has 34 heavy (non-hydrogen) atoms. The number of ether oxygens (including phenoxy) is 1. The highest BCUT2D eigenvalue weighted by Gasteiger charge is 2.17. The Balaban J connectivity index is 0.000000325.